The number of hydrogen-bond acceptors (Lipinski definition) is 3. The Morgan fingerprint density at radius 3 is 2.68 bits per heavy atom. The third kappa shape index (κ3) is 2.96. The van der Waals surface area contributed by atoms with E-state index < -0.39 is 0 Å². The van der Waals surface area contributed by atoms with E-state index in [2.05, 4.69) is 20.9 Å². The average Bonchev–Trinajstić information content (AvgIpc) is 2.83. The van der Waals surface area contributed by atoms with Crippen molar-refractivity contribution in [3.8, 4) is 0 Å². The van der Waals surface area contributed by atoms with Crippen LogP contribution in [0.5, 0.6) is 0 Å². The summed E-state index contributed by atoms with van der Waals surface area (Å²) in [6.45, 7) is 0. The summed E-state index contributed by atoms with van der Waals surface area (Å²) in [6, 6.07) is 13.6. The van der Waals surface area contributed by atoms with Crippen LogP contribution >= 0.6 is 39.3 Å². The van der Waals surface area contributed by atoms with Gasteiger partial charge in [0, 0.05) is 15.2 Å². The number of aromatic nitrogens is 1. The summed E-state index contributed by atoms with van der Waals surface area (Å²) in [6.07, 6.45) is 0. The van der Waals surface area contributed by atoms with Gasteiger partial charge in [0.05, 0.1) is 0 Å². The molecule has 0 aliphatic carbocycles. The minimum Gasteiger partial charge on any atom is -0.431 e. The average molecular weight is 355 g/mol. The summed E-state index contributed by atoms with van der Waals surface area (Å²) in [5.74, 6) is 0.807. The van der Waals surface area contributed by atoms with E-state index in [-0.39, 0.29) is 0 Å². The van der Waals surface area contributed by atoms with Crippen molar-refractivity contribution in [2.24, 2.45) is 0 Å². The number of rotatable bonds is 3. The fraction of sp³-hybridized carbons (Fsp3) is 0.0714. The summed E-state index contributed by atoms with van der Waals surface area (Å²) in [5, 5.41) is 1.43. The molecule has 0 radical (unpaired) electrons. The van der Waals surface area contributed by atoms with Crippen LogP contribution in [-0.4, -0.2) is 4.98 Å². The first-order valence-corrected chi connectivity index (χ1v) is 7.80. The summed E-state index contributed by atoms with van der Waals surface area (Å²) in [4.78, 5) is 4.47. The maximum absolute atomic E-state index is 5.86. The number of thioether (sulfide) groups is 1. The van der Waals surface area contributed by atoms with Crippen molar-refractivity contribution in [2.45, 2.75) is 11.0 Å². The van der Waals surface area contributed by atoms with Gasteiger partial charge >= 0.3 is 0 Å². The van der Waals surface area contributed by atoms with Crippen molar-refractivity contribution in [1.29, 1.82) is 0 Å². The van der Waals surface area contributed by atoms with Gasteiger partial charge in [-0.2, -0.15) is 0 Å². The van der Waals surface area contributed by atoms with Crippen LogP contribution in [-0.2, 0) is 5.75 Å². The zero-order valence-electron chi connectivity index (χ0n) is 9.77. The van der Waals surface area contributed by atoms with Crippen LogP contribution in [0.4, 0.5) is 0 Å². The lowest BCUT2D eigenvalue weighted by molar-refractivity contribution is 0.489. The molecule has 0 bridgehead atoms. The van der Waals surface area contributed by atoms with Gasteiger partial charge in [0.25, 0.3) is 5.22 Å². The number of hydrogen-bond donors (Lipinski definition) is 0. The van der Waals surface area contributed by atoms with Crippen molar-refractivity contribution in [3.05, 3.63) is 57.5 Å². The van der Waals surface area contributed by atoms with Crippen molar-refractivity contribution in [2.75, 3.05) is 0 Å². The predicted molar refractivity (Wildman–Crippen MR) is 82.7 cm³/mol. The van der Waals surface area contributed by atoms with Gasteiger partial charge in [-0.05, 0) is 45.8 Å². The first-order valence-electron chi connectivity index (χ1n) is 5.65. The molecular formula is C14H9BrClNOS. The number of nitrogens with zero attached hydrogens (tertiary/aromatic N) is 1. The Bertz CT molecular complexity index is 711. The van der Waals surface area contributed by atoms with Gasteiger partial charge in [-0.1, -0.05) is 41.6 Å². The number of para-hydroxylation sites is 1. The third-order valence-electron chi connectivity index (χ3n) is 2.63. The topological polar surface area (TPSA) is 26.0 Å². The van der Waals surface area contributed by atoms with Gasteiger partial charge in [-0.3, -0.25) is 0 Å². The standard InChI is InChI=1S/C14H9BrClNOS/c15-11-2-1-3-12-13(11)17-14(18-12)19-8-9-4-6-10(16)7-5-9/h1-7H,8H2. The number of fused-ring (bicyclic) bond motifs is 1. The van der Waals surface area contributed by atoms with Crippen LogP contribution in [0.3, 0.4) is 0 Å². The SMILES string of the molecule is Clc1ccc(CSc2nc3c(Br)cccc3o2)cc1. The van der Waals surface area contributed by atoms with Gasteiger partial charge in [0.15, 0.2) is 5.58 Å². The molecule has 3 rings (SSSR count). The van der Waals surface area contributed by atoms with E-state index in [1.54, 1.807) is 11.8 Å². The Kier molecular flexibility index (Phi) is 3.82. The maximum Gasteiger partial charge on any atom is 0.257 e. The van der Waals surface area contributed by atoms with E-state index in [1.807, 2.05) is 42.5 Å². The molecule has 0 atom stereocenters. The first kappa shape index (κ1) is 13.0. The second kappa shape index (κ2) is 5.57. The van der Waals surface area contributed by atoms with Crippen LogP contribution in [0, 0.1) is 0 Å². The molecule has 0 unspecified atom stereocenters. The van der Waals surface area contributed by atoms with Crippen LogP contribution in [0.1, 0.15) is 5.56 Å². The van der Waals surface area contributed by atoms with E-state index in [0.29, 0.717) is 5.22 Å². The van der Waals surface area contributed by atoms with Gasteiger partial charge in [-0.25, -0.2) is 4.98 Å². The van der Waals surface area contributed by atoms with E-state index in [9.17, 15) is 0 Å². The molecule has 0 fully saturated rings. The summed E-state index contributed by atoms with van der Waals surface area (Å²) in [5.41, 5.74) is 2.85. The van der Waals surface area contributed by atoms with Crippen LogP contribution in [0.25, 0.3) is 11.1 Å². The Morgan fingerprint density at radius 1 is 1.16 bits per heavy atom. The molecule has 19 heavy (non-hydrogen) atoms. The zero-order valence-corrected chi connectivity index (χ0v) is 12.9. The molecule has 5 heteroatoms. The molecule has 96 valence electrons. The minimum absolute atomic E-state index is 0.678. The molecule has 2 aromatic carbocycles. The Morgan fingerprint density at radius 2 is 1.95 bits per heavy atom. The highest BCUT2D eigenvalue weighted by Gasteiger charge is 2.08. The highest BCUT2D eigenvalue weighted by atomic mass is 79.9. The summed E-state index contributed by atoms with van der Waals surface area (Å²) >= 11 is 10.9. The molecular weight excluding hydrogens is 346 g/mol. The highest BCUT2D eigenvalue weighted by molar-refractivity contribution is 9.10. The molecule has 1 aromatic heterocycles. The van der Waals surface area contributed by atoms with Crippen molar-refractivity contribution >= 4 is 50.4 Å². The molecule has 0 amide bonds. The van der Waals surface area contributed by atoms with Crippen LogP contribution in [0.15, 0.2) is 56.6 Å². The van der Waals surface area contributed by atoms with Crippen molar-refractivity contribution < 1.29 is 4.42 Å². The van der Waals surface area contributed by atoms with Gasteiger partial charge in [-0.15, -0.1) is 0 Å². The fourth-order valence-electron chi connectivity index (χ4n) is 1.68. The minimum atomic E-state index is 0.678. The molecule has 3 aromatic rings. The van der Waals surface area contributed by atoms with Crippen LogP contribution in [0.2, 0.25) is 5.02 Å². The molecule has 0 aliphatic rings. The van der Waals surface area contributed by atoms with E-state index in [1.165, 1.54) is 5.56 Å². The predicted octanol–water partition coefficient (Wildman–Crippen LogP) is 5.54. The fourth-order valence-corrected chi connectivity index (χ4v) is 3.03. The van der Waals surface area contributed by atoms with Gasteiger partial charge < -0.3 is 4.42 Å². The van der Waals surface area contributed by atoms with E-state index in [4.69, 9.17) is 16.0 Å². The number of benzene rings is 2. The number of oxazole rings is 1. The largest absolute Gasteiger partial charge is 0.431 e. The second-order valence-electron chi connectivity index (χ2n) is 3.98. The molecule has 0 spiro atoms. The number of halogens is 2. The first-order chi connectivity index (χ1) is 9.22. The molecule has 2 nitrogen and oxygen atoms in total. The van der Waals surface area contributed by atoms with Crippen molar-refractivity contribution in [3.63, 3.8) is 0 Å². The molecule has 0 aliphatic heterocycles. The lowest BCUT2D eigenvalue weighted by atomic mass is 10.2. The zero-order chi connectivity index (χ0) is 13.2. The Labute approximate surface area is 128 Å². The molecule has 1 heterocycles. The summed E-state index contributed by atoms with van der Waals surface area (Å²) < 4.78 is 6.64. The van der Waals surface area contributed by atoms with Gasteiger partial charge in [0.2, 0.25) is 0 Å². The highest BCUT2D eigenvalue weighted by Crippen LogP contribution is 2.30. The Hall–Kier alpha value is -0.970. The molecule has 0 saturated carbocycles. The monoisotopic (exact) mass is 353 g/mol. The third-order valence-corrected chi connectivity index (χ3v) is 4.42. The van der Waals surface area contributed by atoms with E-state index >= 15 is 0 Å². The molecule has 0 N–H and O–H groups in total. The summed E-state index contributed by atoms with van der Waals surface area (Å²) in [7, 11) is 0. The molecule has 0 saturated heterocycles. The quantitative estimate of drug-likeness (QED) is 0.578. The van der Waals surface area contributed by atoms with E-state index in [0.717, 1.165) is 26.3 Å². The smallest absolute Gasteiger partial charge is 0.257 e. The normalized spacial score (nSPS) is 11.1. The lowest BCUT2D eigenvalue weighted by Gasteiger charge is -1.98. The van der Waals surface area contributed by atoms with Gasteiger partial charge in [0.1, 0.15) is 5.52 Å². The maximum atomic E-state index is 5.86. The van der Waals surface area contributed by atoms with Crippen molar-refractivity contribution in [1.82, 2.24) is 4.98 Å². The second-order valence-corrected chi connectivity index (χ2v) is 6.20. The Balaban J connectivity index is 1.78. The lowest BCUT2D eigenvalue weighted by Crippen LogP contribution is -1.79. The van der Waals surface area contributed by atoms with Crippen LogP contribution < -0.4 is 0 Å².